The van der Waals surface area contributed by atoms with Gasteiger partial charge in [-0.1, -0.05) is 0 Å². The molecule has 0 saturated carbocycles. The first kappa shape index (κ1) is 16.5. The quantitative estimate of drug-likeness (QED) is 0.591. The Morgan fingerprint density at radius 3 is 1.50 bits per heavy atom. The summed E-state index contributed by atoms with van der Waals surface area (Å²) >= 11 is -5.14. The van der Waals surface area contributed by atoms with Crippen molar-refractivity contribution in [2.45, 2.75) is 20.8 Å². The molecule has 0 aliphatic heterocycles. The Hall–Kier alpha value is -1.52. The summed E-state index contributed by atoms with van der Waals surface area (Å²) in [6, 6.07) is 4.73. The predicted octanol–water partition coefficient (Wildman–Crippen LogP) is 0.661. The fourth-order valence-electron chi connectivity index (χ4n) is 1.46. The van der Waals surface area contributed by atoms with Crippen LogP contribution in [0, 0.1) is 5.82 Å². The standard InChI is InChI=1S/C6H4F.3C2H4O2.Pb/c7-6-4-2-1-3-5-6;3*1-2(3)4;/h2-5H;3*1H3,(H,3,4);/q;;;;+3/p-3. The van der Waals surface area contributed by atoms with Gasteiger partial charge < -0.3 is 0 Å². The van der Waals surface area contributed by atoms with E-state index in [1.165, 1.54) is 12.1 Å². The van der Waals surface area contributed by atoms with E-state index in [0.29, 0.717) is 0 Å². The predicted molar refractivity (Wildman–Crippen MR) is 67.1 cm³/mol. The second-order valence-electron chi connectivity index (χ2n) is 3.84. The minimum absolute atomic E-state index is 0.208. The molecular formula is C12H13FO6Pb. The molecule has 1 aromatic carbocycles. The molecule has 6 nitrogen and oxygen atoms in total. The summed E-state index contributed by atoms with van der Waals surface area (Å²) in [5, 5.41) is 0. The van der Waals surface area contributed by atoms with Crippen molar-refractivity contribution < 1.29 is 26.8 Å². The van der Waals surface area contributed by atoms with Crippen molar-refractivity contribution in [3.63, 3.8) is 0 Å². The average Bonchev–Trinajstić information content (AvgIpc) is 2.26. The molecule has 0 aliphatic rings. The molecule has 0 spiro atoms. The molecule has 0 saturated heterocycles. The van der Waals surface area contributed by atoms with Crippen molar-refractivity contribution in [1.29, 1.82) is 0 Å². The van der Waals surface area contributed by atoms with Gasteiger partial charge in [0, 0.05) is 0 Å². The Labute approximate surface area is 121 Å². The van der Waals surface area contributed by atoms with Crippen molar-refractivity contribution in [3.8, 4) is 0 Å². The molecule has 0 radical (unpaired) electrons. The zero-order valence-electron chi connectivity index (χ0n) is 11.1. The van der Waals surface area contributed by atoms with Gasteiger partial charge in [0.2, 0.25) is 0 Å². The van der Waals surface area contributed by atoms with E-state index in [-0.39, 0.29) is 3.12 Å². The van der Waals surface area contributed by atoms with Crippen LogP contribution in [0.5, 0.6) is 0 Å². The van der Waals surface area contributed by atoms with E-state index in [9.17, 15) is 18.8 Å². The third-order valence-corrected chi connectivity index (χ3v) is 12.6. The van der Waals surface area contributed by atoms with Crippen molar-refractivity contribution in [1.82, 2.24) is 0 Å². The summed E-state index contributed by atoms with van der Waals surface area (Å²) in [6.45, 7) is 3.31. The SMILES string of the molecule is CC(=O)[O][Pb]([O]C(C)=O)([O]C(C)=O)[c]1ccc(F)cc1. The molecule has 1 rings (SSSR count). The first-order chi connectivity index (χ1) is 9.25. The van der Waals surface area contributed by atoms with Crippen LogP contribution in [-0.2, 0) is 22.4 Å². The zero-order valence-corrected chi connectivity index (χ0v) is 15.0. The van der Waals surface area contributed by atoms with E-state index in [2.05, 4.69) is 0 Å². The molecule has 20 heavy (non-hydrogen) atoms. The van der Waals surface area contributed by atoms with E-state index >= 15 is 0 Å². The van der Waals surface area contributed by atoms with E-state index in [1.54, 1.807) is 0 Å². The van der Waals surface area contributed by atoms with Gasteiger partial charge in [-0.15, -0.1) is 0 Å². The Balaban J connectivity index is 3.32. The van der Waals surface area contributed by atoms with Crippen LogP contribution in [0.4, 0.5) is 4.39 Å². The third kappa shape index (κ3) is 4.55. The van der Waals surface area contributed by atoms with Crippen molar-refractivity contribution in [2.75, 3.05) is 0 Å². The fraction of sp³-hybridized carbons (Fsp3) is 0.250. The summed E-state index contributed by atoms with van der Waals surface area (Å²) in [6.07, 6.45) is 0. The third-order valence-electron chi connectivity index (χ3n) is 2.03. The molecule has 0 unspecified atom stereocenters. The zero-order chi connectivity index (χ0) is 15.3. The van der Waals surface area contributed by atoms with Crippen molar-refractivity contribution >= 4 is 43.6 Å². The fourth-order valence-corrected chi connectivity index (χ4v) is 9.97. The van der Waals surface area contributed by atoms with Gasteiger partial charge in [0.1, 0.15) is 0 Å². The maximum atomic E-state index is 13.0. The number of halogens is 1. The Morgan fingerprint density at radius 1 is 0.850 bits per heavy atom. The van der Waals surface area contributed by atoms with Gasteiger partial charge in [-0.05, 0) is 0 Å². The Bertz CT molecular complexity index is 486. The van der Waals surface area contributed by atoms with Crippen LogP contribution in [0.1, 0.15) is 20.8 Å². The van der Waals surface area contributed by atoms with Crippen LogP contribution in [-0.4, -0.2) is 40.4 Å². The molecule has 1 aromatic rings. The molecule has 108 valence electrons. The van der Waals surface area contributed by atoms with Crippen molar-refractivity contribution in [2.24, 2.45) is 0 Å². The average molecular weight is 479 g/mol. The van der Waals surface area contributed by atoms with E-state index in [4.69, 9.17) is 8.06 Å². The summed E-state index contributed by atoms with van der Waals surface area (Å²) in [5.74, 6) is -2.78. The van der Waals surface area contributed by atoms with Crippen LogP contribution in [0.25, 0.3) is 0 Å². The molecule has 0 fully saturated rings. The van der Waals surface area contributed by atoms with Gasteiger partial charge in [-0.3, -0.25) is 0 Å². The van der Waals surface area contributed by atoms with Crippen LogP contribution in [0.2, 0.25) is 0 Å². The summed E-state index contributed by atoms with van der Waals surface area (Å²) in [5.41, 5.74) is 0. The van der Waals surface area contributed by atoms with Crippen LogP contribution >= 0.6 is 0 Å². The van der Waals surface area contributed by atoms with Crippen LogP contribution in [0.15, 0.2) is 24.3 Å². The molecule has 0 amide bonds. The molecule has 0 aromatic heterocycles. The van der Waals surface area contributed by atoms with E-state index in [1.807, 2.05) is 0 Å². The van der Waals surface area contributed by atoms with Gasteiger partial charge in [-0.25, -0.2) is 0 Å². The topological polar surface area (TPSA) is 78.9 Å². The Morgan fingerprint density at radius 2 is 1.20 bits per heavy atom. The maximum absolute atomic E-state index is 13.0. The monoisotopic (exact) mass is 480 g/mol. The molecule has 0 aliphatic carbocycles. The van der Waals surface area contributed by atoms with Gasteiger partial charge >= 0.3 is 121 Å². The van der Waals surface area contributed by atoms with Crippen LogP contribution < -0.4 is 3.12 Å². The van der Waals surface area contributed by atoms with Gasteiger partial charge in [0.05, 0.1) is 0 Å². The van der Waals surface area contributed by atoms with Crippen LogP contribution in [0.3, 0.4) is 0 Å². The second-order valence-corrected chi connectivity index (χ2v) is 12.8. The molecule has 0 atom stereocenters. The molecule has 0 bridgehead atoms. The summed E-state index contributed by atoms with van der Waals surface area (Å²) in [4.78, 5) is 33.7. The molecule has 0 N–H and O–H groups in total. The number of carbonyl (C=O) groups is 3. The molecular weight excluding hydrogens is 466 g/mol. The first-order valence-corrected chi connectivity index (χ1v) is 12.3. The second kappa shape index (κ2) is 6.77. The number of hydrogen-bond acceptors (Lipinski definition) is 6. The minimum atomic E-state index is -5.14. The number of rotatable bonds is 4. The number of carbonyl (C=O) groups excluding carboxylic acids is 3. The first-order valence-electron chi connectivity index (χ1n) is 5.60. The molecule has 8 heteroatoms. The summed E-state index contributed by atoms with van der Waals surface area (Å²) < 4.78 is 28.4. The van der Waals surface area contributed by atoms with Gasteiger partial charge in [0.15, 0.2) is 0 Å². The Kier molecular flexibility index (Phi) is 5.60. The van der Waals surface area contributed by atoms with Gasteiger partial charge in [-0.2, -0.15) is 0 Å². The summed E-state index contributed by atoms with van der Waals surface area (Å²) in [7, 11) is 0. The number of hydrogen-bond donors (Lipinski definition) is 0. The van der Waals surface area contributed by atoms with E-state index in [0.717, 1.165) is 32.9 Å². The van der Waals surface area contributed by atoms with Gasteiger partial charge in [0.25, 0.3) is 0 Å². The van der Waals surface area contributed by atoms with E-state index < -0.39 is 46.3 Å². The number of benzene rings is 1. The molecule has 0 heterocycles. The normalized spacial score (nSPS) is 10.6. The van der Waals surface area contributed by atoms with Crippen molar-refractivity contribution in [3.05, 3.63) is 30.1 Å².